The molecule has 11 aromatic rings. The van der Waals surface area contributed by atoms with Gasteiger partial charge in [0, 0.05) is 32.8 Å². The van der Waals surface area contributed by atoms with Crippen molar-refractivity contribution in [2.24, 2.45) is 0 Å². The van der Waals surface area contributed by atoms with Crippen LogP contribution < -0.4 is 0 Å². The molecule has 3 heterocycles. The van der Waals surface area contributed by atoms with Crippen LogP contribution in [-0.4, -0.2) is 24.5 Å². The number of fused-ring (bicyclic) bond motifs is 6. The van der Waals surface area contributed by atoms with Gasteiger partial charge in [0.2, 0.25) is 0 Å². The van der Waals surface area contributed by atoms with Crippen LogP contribution in [0.5, 0.6) is 0 Å². The van der Waals surface area contributed by atoms with Crippen LogP contribution in [0.4, 0.5) is 0 Å². The Hall–Kier alpha value is -8.01. The highest BCUT2D eigenvalue weighted by Gasteiger charge is 2.17. The Morgan fingerprint density at radius 2 is 0.860 bits per heavy atom. The van der Waals surface area contributed by atoms with Crippen LogP contribution in [-0.2, 0) is 0 Å². The number of hydrogen-bond donors (Lipinski definition) is 0. The maximum absolute atomic E-state index is 9.83. The van der Waals surface area contributed by atoms with E-state index in [2.05, 4.69) is 156 Å². The largest absolute Gasteiger partial charge is 0.294 e. The molecule has 0 spiro atoms. The molecule has 0 N–H and O–H groups in total. The summed E-state index contributed by atoms with van der Waals surface area (Å²) in [5.41, 5.74) is 8.45. The van der Waals surface area contributed by atoms with E-state index in [1.54, 1.807) is 0 Å². The molecule has 0 aliphatic carbocycles. The molecule has 0 saturated carbocycles. The second-order valence-electron chi connectivity index (χ2n) is 14.3. The summed E-state index contributed by atoms with van der Waals surface area (Å²) in [6, 6.07) is 64.8. The van der Waals surface area contributed by atoms with Gasteiger partial charge in [-0.1, -0.05) is 121 Å². The normalized spacial score (nSPS) is 11.5. The number of nitrogens with zero attached hydrogens (tertiary/aromatic N) is 6. The molecule has 264 valence electrons. The highest BCUT2D eigenvalue weighted by molar-refractivity contribution is 6.11. The molecule has 0 amide bonds. The summed E-state index contributed by atoms with van der Waals surface area (Å²) in [5.74, 6) is 2.68. The van der Waals surface area contributed by atoms with E-state index in [4.69, 9.17) is 19.9 Å². The second kappa shape index (κ2) is 13.1. The SMILES string of the molecule is N#Cc1ccc2c(c1)c1cc(-c3ccc(-c4nc(-c5ccc6ccccc6c5)nc(-c5ccc6ccccc6c5)n4)cc3)ccc1n2-c1ccc2ccccc2n1. The summed E-state index contributed by atoms with van der Waals surface area (Å²) in [4.78, 5) is 20.2. The molecule has 6 nitrogen and oxygen atoms in total. The number of hydrogen-bond acceptors (Lipinski definition) is 5. The fourth-order valence-electron chi connectivity index (χ4n) is 7.93. The predicted octanol–water partition coefficient (Wildman–Crippen LogP) is 12.4. The third-order valence-electron chi connectivity index (χ3n) is 10.8. The minimum atomic E-state index is 0.605. The van der Waals surface area contributed by atoms with Gasteiger partial charge < -0.3 is 0 Å². The molecule has 8 aromatic carbocycles. The van der Waals surface area contributed by atoms with Gasteiger partial charge in [0.15, 0.2) is 17.5 Å². The summed E-state index contributed by atoms with van der Waals surface area (Å²) >= 11 is 0. The Morgan fingerprint density at radius 1 is 0.368 bits per heavy atom. The monoisotopic (exact) mass is 726 g/mol. The van der Waals surface area contributed by atoms with E-state index in [9.17, 15) is 5.26 Å². The average Bonchev–Trinajstić information content (AvgIpc) is 3.61. The second-order valence-corrected chi connectivity index (χ2v) is 14.3. The quantitative estimate of drug-likeness (QED) is 0.176. The number of para-hydroxylation sites is 1. The van der Waals surface area contributed by atoms with Gasteiger partial charge in [0.1, 0.15) is 5.82 Å². The molecule has 11 rings (SSSR count). The molecule has 6 heteroatoms. The zero-order valence-electron chi connectivity index (χ0n) is 30.5. The minimum absolute atomic E-state index is 0.605. The van der Waals surface area contributed by atoms with Crippen LogP contribution in [0.2, 0.25) is 0 Å². The fourth-order valence-corrected chi connectivity index (χ4v) is 7.93. The smallest absolute Gasteiger partial charge is 0.164 e. The Morgan fingerprint density at radius 3 is 1.51 bits per heavy atom. The minimum Gasteiger partial charge on any atom is -0.294 e. The first-order chi connectivity index (χ1) is 28.1. The number of aromatic nitrogens is 5. The third kappa shape index (κ3) is 5.65. The van der Waals surface area contributed by atoms with Crippen molar-refractivity contribution in [1.82, 2.24) is 24.5 Å². The van der Waals surface area contributed by atoms with Crippen molar-refractivity contribution < 1.29 is 0 Å². The van der Waals surface area contributed by atoms with Gasteiger partial charge >= 0.3 is 0 Å². The van der Waals surface area contributed by atoms with Gasteiger partial charge in [-0.3, -0.25) is 4.57 Å². The van der Waals surface area contributed by atoms with Gasteiger partial charge in [-0.2, -0.15) is 5.26 Å². The number of benzene rings is 8. The molecule has 3 aromatic heterocycles. The predicted molar refractivity (Wildman–Crippen MR) is 231 cm³/mol. The molecule has 0 aliphatic heterocycles. The summed E-state index contributed by atoms with van der Waals surface area (Å²) in [6.45, 7) is 0. The van der Waals surface area contributed by atoms with Crippen molar-refractivity contribution >= 4 is 54.3 Å². The van der Waals surface area contributed by atoms with Crippen molar-refractivity contribution in [3.8, 4) is 57.2 Å². The highest BCUT2D eigenvalue weighted by Crippen LogP contribution is 2.36. The lowest BCUT2D eigenvalue weighted by molar-refractivity contribution is 1.08. The van der Waals surface area contributed by atoms with Gasteiger partial charge in [-0.15, -0.1) is 0 Å². The van der Waals surface area contributed by atoms with E-state index in [1.807, 2.05) is 36.4 Å². The Bertz CT molecular complexity index is 3330. The zero-order chi connectivity index (χ0) is 37.9. The summed E-state index contributed by atoms with van der Waals surface area (Å²) in [5, 5.41) is 17.6. The molecule has 0 atom stereocenters. The molecule has 0 unspecified atom stereocenters. The molecule has 0 saturated heterocycles. The molecule has 0 radical (unpaired) electrons. The van der Waals surface area contributed by atoms with Crippen molar-refractivity contribution in [3.63, 3.8) is 0 Å². The lowest BCUT2D eigenvalue weighted by Gasteiger charge is -2.11. The van der Waals surface area contributed by atoms with Crippen LogP contribution in [0, 0.1) is 11.3 Å². The molecule has 0 bridgehead atoms. The molecular weight excluding hydrogens is 697 g/mol. The van der Waals surface area contributed by atoms with Crippen molar-refractivity contribution in [2.75, 3.05) is 0 Å². The summed E-state index contributed by atoms with van der Waals surface area (Å²) < 4.78 is 2.19. The summed E-state index contributed by atoms with van der Waals surface area (Å²) in [7, 11) is 0. The Labute approximate surface area is 327 Å². The first-order valence-corrected chi connectivity index (χ1v) is 18.8. The van der Waals surface area contributed by atoms with Crippen LogP contribution >= 0.6 is 0 Å². The fraction of sp³-hybridized carbons (Fsp3) is 0. The van der Waals surface area contributed by atoms with E-state index < -0.39 is 0 Å². The van der Waals surface area contributed by atoms with Crippen LogP contribution in [0.15, 0.2) is 182 Å². The standard InChI is InChI=1S/C51H30N6/c52-31-32-13-24-46-43(27-32)44-30-40(22-25-47(44)57(46)48-26-23-36-9-5-6-12-45(36)53-48)35-14-18-37(19-15-35)49-54-50(41-20-16-33-7-1-3-10-38(33)28-41)56-51(55-49)42-21-17-34-8-2-4-11-39(34)29-42/h1-30H. The van der Waals surface area contributed by atoms with E-state index in [0.717, 1.165) is 77.1 Å². The topological polar surface area (TPSA) is 80.3 Å². The average molecular weight is 727 g/mol. The zero-order valence-corrected chi connectivity index (χ0v) is 30.5. The maximum Gasteiger partial charge on any atom is 0.164 e. The van der Waals surface area contributed by atoms with Crippen LogP contribution in [0.1, 0.15) is 5.56 Å². The molecule has 57 heavy (non-hydrogen) atoms. The maximum atomic E-state index is 9.83. The molecule has 0 aliphatic rings. The van der Waals surface area contributed by atoms with E-state index >= 15 is 0 Å². The Kier molecular flexibility index (Phi) is 7.44. The van der Waals surface area contributed by atoms with Gasteiger partial charge in [-0.05, 0) is 93.3 Å². The van der Waals surface area contributed by atoms with E-state index in [0.29, 0.717) is 23.0 Å². The lowest BCUT2D eigenvalue weighted by atomic mass is 10.0. The van der Waals surface area contributed by atoms with Crippen molar-refractivity contribution in [3.05, 3.63) is 188 Å². The van der Waals surface area contributed by atoms with Crippen molar-refractivity contribution in [2.45, 2.75) is 0 Å². The first kappa shape index (κ1) is 32.4. The van der Waals surface area contributed by atoms with E-state index in [1.165, 1.54) is 10.8 Å². The lowest BCUT2D eigenvalue weighted by Crippen LogP contribution is -2.00. The number of rotatable bonds is 5. The molecule has 0 fully saturated rings. The summed E-state index contributed by atoms with van der Waals surface area (Å²) in [6.07, 6.45) is 0. The number of nitriles is 1. The van der Waals surface area contributed by atoms with Crippen LogP contribution in [0.25, 0.3) is 105 Å². The van der Waals surface area contributed by atoms with Gasteiger partial charge in [0.05, 0.1) is 28.2 Å². The van der Waals surface area contributed by atoms with Gasteiger partial charge in [-0.25, -0.2) is 19.9 Å². The van der Waals surface area contributed by atoms with E-state index in [-0.39, 0.29) is 0 Å². The van der Waals surface area contributed by atoms with Crippen LogP contribution in [0.3, 0.4) is 0 Å². The first-order valence-electron chi connectivity index (χ1n) is 18.8. The van der Waals surface area contributed by atoms with Crippen molar-refractivity contribution in [1.29, 1.82) is 5.26 Å². The molecular formula is C51H30N6. The third-order valence-corrected chi connectivity index (χ3v) is 10.8. The Balaban J connectivity index is 1.02. The number of pyridine rings is 1. The van der Waals surface area contributed by atoms with Gasteiger partial charge in [0.25, 0.3) is 0 Å². The highest BCUT2D eigenvalue weighted by atomic mass is 15.1.